The lowest BCUT2D eigenvalue weighted by molar-refractivity contribution is 0.344. The van der Waals surface area contributed by atoms with E-state index in [4.69, 9.17) is 0 Å². The van der Waals surface area contributed by atoms with Crippen molar-refractivity contribution in [3.8, 4) is 0 Å². The van der Waals surface area contributed by atoms with Gasteiger partial charge >= 0.3 is 0 Å². The van der Waals surface area contributed by atoms with Crippen molar-refractivity contribution in [1.82, 2.24) is 10.6 Å². The van der Waals surface area contributed by atoms with Gasteiger partial charge < -0.3 is 10.6 Å². The average molecular weight is 246 g/mol. The van der Waals surface area contributed by atoms with Crippen molar-refractivity contribution in [2.45, 2.75) is 58.2 Å². The number of benzene rings is 1. The number of hydrogen-bond donors (Lipinski definition) is 2. The Hall–Kier alpha value is -0.860. The summed E-state index contributed by atoms with van der Waals surface area (Å²) in [6.07, 6.45) is 5.33. The van der Waals surface area contributed by atoms with Crippen molar-refractivity contribution >= 4 is 0 Å². The maximum absolute atomic E-state index is 3.63. The monoisotopic (exact) mass is 246 g/mol. The van der Waals surface area contributed by atoms with Gasteiger partial charge in [0.2, 0.25) is 0 Å². The third kappa shape index (κ3) is 4.43. The van der Waals surface area contributed by atoms with Gasteiger partial charge in [0.05, 0.1) is 0 Å². The standard InChI is InChI=1S/C16H26N2/c1-13-6-5-7-15(10-13)12-18-14(2)11-16-8-3-4-9-17-16/h5-7,10,14,16-18H,3-4,8-9,11-12H2,1-2H3. The molecule has 18 heavy (non-hydrogen) atoms. The maximum atomic E-state index is 3.63. The fourth-order valence-corrected chi connectivity index (χ4v) is 2.75. The van der Waals surface area contributed by atoms with E-state index in [1.807, 2.05) is 0 Å². The van der Waals surface area contributed by atoms with Crippen LogP contribution in [-0.4, -0.2) is 18.6 Å². The summed E-state index contributed by atoms with van der Waals surface area (Å²) in [6.45, 7) is 6.63. The predicted molar refractivity (Wildman–Crippen MR) is 77.7 cm³/mol. The van der Waals surface area contributed by atoms with E-state index >= 15 is 0 Å². The van der Waals surface area contributed by atoms with Crippen molar-refractivity contribution in [1.29, 1.82) is 0 Å². The van der Waals surface area contributed by atoms with Crippen LogP contribution in [0.1, 0.15) is 43.7 Å². The molecular formula is C16H26N2. The number of piperidine rings is 1. The van der Waals surface area contributed by atoms with Crippen LogP contribution in [0.3, 0.4) is 0 Å². The Morgan fingerprint density at radius 2 is 2.28 bits per heavy atom. The van der Waals surface area contributed by atoms with Crippen molar-refractivity contribution in [3.05, 3.63) is 35.4 Å². The Bertz CT molecular complexity index is 356. The molecule has 1 aromatic rings. The van der Waals surface area contributed by atoms with Gasteiger partial charge in [0.1, 0.15) is 0 Å². The van der Waals surface area contributed by atoms with Crippen LogP contribution in [0.15, 0.2) is 24.3 Å². The molecule has 1 heterocycles. The number of aryl methyl sites for hydroxylation is 1. The SMILES string of the molecule is Cc1cccc(CNC(C)CC2CCCCN2)c1. The minimum Gasteiger partial charge on any atom is -0.314 e. The van der Waals surface area contributed by atoms with Gasteiger partial charge in [0.25, 0.3) is 0 Å². The van der Waals surface area contributed by atoms with Crippen molar-refractivity contribution < 1.29 is 0 Å². The van der Waals surface area contributed by atoms with Gasteiger partial charge in [-0.3, -0.25) is 0 Å². The van der Waals surface area contributed by atoms with E-state index in [0.717, 1.165) is 12.6 Å². The molecule has 0 spiro atoms. The molecule has 2 heteroatoms. The van der Waals surface area contributed by atoms with Gasteiger partial charge in [0, 0.05) is 18.6 Å². The quantitative estimate of drug-likeness (QED) is 0.834. The van der Waals surface area contributed by atoms with Crippen LogP contribution in [0.5, 0.6) is 0 Å². The third-order valence-corrected chi connectivity index (χ3v) is 3.79. The molecule has 2 unspecified atom stereocenters. The minimum absolute atomic E-state index is 0.584. The van der Waals surface area contributed by atoms with Gasteiger partial charge in [-0.25, -0.2) is 0 Å². The molecule has 1 aliphatic rings. The molecule has 0 saturated carbocycles. The molecule has 0 bridgehead atoms. The number of hydrogen-bond acceptors (Lipinski definition) is 2. The summed E-state index contributed by atoms with van der Waals surface area (Å²) in [4.78, 5) is 0. The predicted octanol–water partition coefficient (Wildman–Crippen LogP) is 3.01. The van der Waals surface area contributed by atoms with E-state index in [1.165, 1.54) is 43.4 Å². The molecule has 100 valence electrons. The van der Waals surface area contributed by atoms with E-state index in [9.17, 15) is 0 Å². The summed E-state index contributed by atoms with van der Waals surface area (Å²) in [5.41, 5.74) is 2.73. The topological polar surface area (TPSA) is 24.1 Å². The molecule has 2 nitrogen and oxygen atoms in total. The smallest absolute Gasteiger partial charge is 0.0208 e. The lowest BCUT2D eigenvalue weighted by Crippen LogP contribution is -2.39. The summed E-state index contributed by atoms with van der Waals surface area (Å²) in [5, 5.41) is 7.25. The van der Waals surface area contributed by atoms with Crippen molar-refractivity contribution in [3.63, 3.8) is 0 Å². The Balaban J connectivity index is 1.72. The van der Waals surface area contributed by atoms with Crippen LogP contribution in [0.4, 0.5) is 0 Å². The van der Waals surface area contributed by atoms with Crippen LogP contribution in [-0.2, 0) is 6.54 Å². The molecule has 1 aliphatic heterocycles. The molecule has 0 amide bonds. The van der Waals surface area contributed by atoms with Crippen molar-refractivity contribution in [2.24, 2.45) is 0 Å². The summed E-state index contributed by atoms with van der Waals surface area (Å²) in [6, 6.07) is 10.1. The number of nitrogens with one attached hydrogen (secondary N) is 2. The Morgan fingerprint density at radius 3 is 3.00 bits per heavy atom. The van der Waals surface area contributed by atoms with Gasteiger partial charge in [-0.05, 0) is 45.2 Å². The molecule has 2 atom stereocenters. The zero-order valence-electron chi connectivity index (χ0n) is 11.7. The molecule has 0 aliphatic carbocycles. The van der Waals surface area contributed by atoms with Gasteiger partial charge in [-0.15, -0.1) is 0 Å². The molecular weight excluding hydrogens is 220 g/mol. The lowest BCUT2D eigenvalue weighted by atomic mass is 9.98. The van der Waals surface area contributed by atoms with Crippen molar-refractivity contribution in [2.75, 3.05) is 6.54 Å². The van der Waals surface area contributed by atoms with Gasteiger partial charge in [0.15, 0.2) is 0 Å². The Kier molecular flexibility index (Phi) is 5.21. The molecule has 2 rings (SSSR count). The second kappa shape index (κ2) is 6.91. The largest absolute Gasteiger partial charge is 0.314 e. The van der Waals surface area contributed by atoms with E-state index in [-0.39, 0.29) is 0 Å². The highest BCUT2D eigenvalue weighted by Crippen LogP contribution is 2.12. The normalized spacial score (nSPS) is 21.8. The fourth-order valence-electron chi connectivity index (χ4n) is 2.75. The van der Waals surface area contributed by atoms with Crippen LogP contribution >= 0.6 is 0 Å². The first-order chi connectivity index (χ1) is 8.74. The van der Waals surface area contributed by atoms with Crippen LogP contribution < -0.4 is 10.6 Å². The van der Waals surface area contributed by atoms with Crippen LogP contribution in [0.2, 0.25) is 0 Å². The first-order valence-electron chi connectivity index (χ1n) is 7.26. The first-order valence-corrected chi connectivity index (χ1v) is 7.26. The highest BCUT2D eigenvalue weighted by atomic mass is 15.0. The lowest BCUT2D eigenvalue weighted by Gasteiger charge is -2.26. The summed E-state index contributed by atoms with van der Waals surface area (Å²) in [7, 11) is 0. The van der Waals surface area contributed by atoms with Gasteiger partial charge in [-0.1, -0.05) is 36.2 Å². The summed E-state index contributed by atoms with van der Waals surface area (Å²) < 4.78 is 0. The zero-order valence-corrected chi connectivity index (χ0v) is 11.7. The molecule has 1 saturated heterocycles. The second-order valence-corrected chi connectivity index (χ2v) is 5.65. The molecule has 2 N–H and O–H groups in total. The average Bonchev–Trinajstić information content (AvgIpc) is 2.38. The summed E-state index contributed by atoms with van der Waals surface area (Å²) in [5.74, 6) is 0. The Morgan fingerprint density at radius 1 is 1.39 bits per heavy atom. The third-order valence-electron chi connectivity index (χ3n) is 3.79. The van der Waals surface area contributed by atoms with Crippen LogP contribution in [0, 0.1) is 6.92 Å². The van der Waals surface area contributed by atoms with E-state index in [1.54, 1.807) is 0 Å². The van der Waals surface area contributed by atoms with E-state index < -0.39 is 0 Å². The second-order valence-electron chi connectivity index (χ2n) is 5.65. The highest BCUT2D eigenvalue weighted by molar-refractivity contribution is 5.21. The van der Waals surface area contributed by atoms with Crippen LogP contribution in [0.25, 0.3) is 0 Å². The van der Waals surface area contributed by atoms with E-state index in [2.05, 4.69) is 48.7 Å². The first kappa shape index (κ1) is 13.6. The molecule has 0 aromatic heterocycles. The fraction of sp³-hybridized carbons (Fsp3) is 0.625. The van der Waals surface area contributed by atoms with Gasteiger partial charge in [-0.2, -0.15) is 0 Å². The molecule has 0 radical (unpaired) electrons. The number of rotatable bonds is 5. The molecule has 1 aromatic carbocycles. The molecule has 1 fully saturated rings. The highest BCUT2D eigenvalue weighted by Gasteiger charge is 2.15. The Labute approximate surface area is 111 Å². The zero-order chi connectivity index (χ0) is 12.8. The minimum atomic E-state index is 0.584. The maximum Gasteiger partial charge on any atom is 0.0208 e. The summed E-state index contributed by atoms with van der Waals surface area (Å²) >= 11 is 0. The van der Waals surface area contributed by atoms with E-state index in [0.29, 0.717) is 6.04 Å².